The predicted octanol–water partition coefficient (Wildman–Crippen LogP) is 3.45. The SMILES string of the molecule is COC1(C)CCN(C2=C(C#N)C(=O)Cc3c(F)cc(Br)cc32)CC1. The maximum absolute atomic E-state index is 14.3. The van der Waals surface area contributed by atoms with Gasteiger partial charge in [0.05, 0.1) is 11.3 Å². The predicted molar refractivity (Wildman–Crippen MR) is 91.6 cm³/mol. The number of ether oxygens (including phenoxy) is 1. The monoisotopic (exact) mass is 392 g/mol. The maximum atomic E-state index is 14.3. The Morgan fingerprint density at radius 1 is 1.38 bits per heavy atom. The van der Waals surface area contributed by atoms with Gasteiger partial charge in [0.15, 0.2) is 5.78 Å². The van der Waals surface area contributed by atoms with E-state index in [4.69, 9.17) is 4.74 Å². The van der Waals surface area contributed by atoms with Crippen LogP contribution in [0.2, 0.25) is 0 Å². The zero-order chi connectivity index (χ0) is 17.5. The second-order valence-corrected chi connectivity index (χ2v) is 7.41. The molecule has 0 aromatic heterocycles. The van der Waals surface area contributed by atoms with Crippen molar-refractivity contribution in [3.05, 3.63) is 39.1 Å². The van der Waals surface area contributed by atoms with Crippen molar-refractivity contribution in [1.29, 1.82) is 5.26 Å². The summed E-state index contributed by atoms with van der Waals surface area (Å²) < 4.78 is 20.5. The van der Waals surface area contributed by atoms with Gasteiger partial charge in [-0.15, -0.1) is 0 Å². The molecule has 0 atom stereocenters. The average Bonchev–Trinajstić information content (AvgIpc) is 2.55. The first-order chi connectivity index (χ1) is 11.4. The first kappa shape index (κ1) is 17.1. The topological polar surface area (TPSA) is 53.3 Å². The van der Waals surface area contributed by atoms with Crippen LogP contribution in [-0.2, 0) is 16.0 Å². The van der Waals surface area contributed by atoms with Gasteiger partial charge < -0.3 is 9.64 Å². The molecular weight excluding hydrogens is 375 g/mol. The van der Waals surface area contributed by atoms with E-state index in [1.807, 2.05) is 11.0 Å². The van der Waals surface area contributed by atoms with Gasteiger partial charge in [-0.2, -0.15) is 5.26 Å². The molecule has 1 heterocycles. The smallest absolute Gasteiger partial charge is 0.180 e. The van der Waals surface area contributed by atoms with E-state index in [9.17, 15) is 14.4 Å². The average molecular weight is 393 g/mol. The Hall–Kier alpha value is -1.71. The number of carbonyl (C=O) groups excluding carboxylic acids is 1. The third-order valence-electron chi connectivity index (χ3n) is 5.01. The first-order valence-electron chi connectivity index (χ1n) is 7.84. The zero-order valence-electron chi connectivity index (χ0n) is 13.7. The molecule has 4 nitrogen and oxygen atoms in total. The fourth-order valence-electron chi connectivity index (χ4n) is 3.36. The van der Waals surface area contributed by atoms with Crippen molar-refractivity contribution in [2.24, 2.45) is 0 Å². The van der Waals surface area contributed by atoms with Crippen LogP contribution in [0.15, 0.2) is 22.2 Å². The number of nitrogens with zero attached hydrogens (tertiary/aromatic N) is 2. The van der Waals surface area contributed by atoms with Crippen molar-refractivity contribution in [3.63, 3.8) is 0 Å². The number of methoxy groups -OCH3 is 1. The van der Waals surface area contributed by atoms with Gasteiger partial charge in [-0.05, 0) is 31.9 Å². The van der Waals surface area contributed by atoms with Crippen LogP contribution in [0.25, 0.3) is 5.70 Å². The van der Waals surface area contributed by atoms with E-state index in [2.05, 4.69) is 22.9 Å². The lowest BCUT2D eigenvalue weighted by Gasteiger charge is -2.41. The number of likely N-dealkylation sites (tertiary alicyclic amines) is 1. The highest BCUT2D eigenvalue weighted by Crippen LogP contribution is 2.38. The summed E-state index contributed by atoms with van der Waals surface area (Å²) >= 11 is 3.31. The van der Waals surface area contributed by atoms with Crippen LogP contribution in [0, 0.1) is 17.1 Å². The van der Waals surface area contributed by atoms with Crippen LogP contribution < -0.4 is 0 Å². The number of nitriles is 1. The van der Waals surface area contributed by atoms with Gasteiger partial charge in [0.25, 0.3) is 0 Å². The summed E-state index contributed by atoms with van der Waals surface area (Å²) in [6, 6.07) is 5.19. The second kappa shape index (κ2) is 6.30. The highest BCUT2D eigenvalue weighted by atomic mass is 79.9. The molecule has 24 heavy (non-hydrogen) atoms. The summed E-state index contributed by atoms with van der Waals surface area (Å²) in [6.45, 7) is 3.37. The van der Waals surface area contributed by atoms with E-state index in [1.165, 1.54) is 6.07 Å². The van der Waals surface area contributed by atoms with Gasteiger partial charge in [-0.25, -0.2) is 4.39 Å². The fourth-order valence-corrected chi connectivity index (χ4v) is 3.79. The van der Waals surface area contributed by atoms with Crippen LogP contribution in [0.5, 0.6) is 0 Å². The molecule has 0 amide bonds. The number of halogens is 2. The summed E-state index contributed by atoms with van der Waals surface area (Å²) in [7, 11) is 1.70. The normalized spacial score (nSPS) is 20.0. The molecule has 1 aromatic rings. The van der Waals surface area contributed by atoms with Gasteiger partial charge in [-0.3, -0.25) is 4.79 Å². The van der Waals surface area contributed by atoms with Gasteiger partial charge in [0.2, 0.25) is 0 Å². The number of ketones is 1. The van der Waals surface area contributed by atoms with Crippen molar-refractivity contribution in [3.8, 4) is 6.07 Å². The number of benzene rings is 1. The van der Waals surface area contributed by atoms with E-state index in [0.717, 1.165) is 12.8 Å². The minimum absolute atomic E-state index is 0.0650. The fraction of sp³-hybridized carbons (Fsp3) is 0.444. The molecule has 1 aliphatic heterocycles. The number of rotatable bonds is 2. The molecule has 0 bridgehead atoms. The summed E-state index contributed by atoms with van der Waals surface area (Å²) in [6.07, 6.45) is 1.50. The molecule has 0 saturated carbocycles. The zero-order valence-corrected chi connectivity index (χ0v) is 15.2. The second-order valence-electron chi connectivity index (χ2n) is 6.49. The Morgan fingerprint density at radius 3 is 2.62 bits per heavy atom. The first-order valence-corrected chi connectivity index (χ1v) is 8.64. The van der Waals surface area contributed by atoms with Crippen molar-refractivity contribution >= 4 is 27.4 Å². The molecule has 0 N–H and O–H groups in total. The molecule has 0 unspecified atom stereocenters. The molecule has 3 rings (SSSR count). The van der Waals surface area contributed by atoms with E-state index in [0.29, 0.717) is 34.4 Å². The molecule has 1 aromatic carbocycles. The Morgan fingerprint density at radius 2 is 2.04 bits per heavy atom. The lowest BCUT2D eigenvalue weighted by Crippen LogP contribution is -2.43. The van der Waals surface area contributed by atoms with E-state index in [1.54, 1.807) is 13.2 Å². The standard InChI is InChI=1S/C18H18BrFN2O2/c1-18(24-2)3-5-22(6-4-18)17-13-7-11(19)8-15(20)12(13)9-16(23)14(17)10-21/h7-8H,3-6,9H2,1-2H3. The number of hydrogen-bond donors (Lipinski definition) is 0. The number of carbonyl (C=O) groups is 1. The highest BCUT2D eigenvalue weighted by molar-refractivity contribution is 9.10. The van der Waals surface area contributed by atoms with Crippen LogP contribution in [0.3, 0.4) is 0 Å². The Kier molecular flexibility index (Phi) is 4.50. The summed E-state index contributed by atoms with van der Waals surface area (Å²) in [5.74, 6) is -0.734. The number of fused-ring (bicyclic) bond motifs is 1. The van der Waals surface area contributed by atoms with E-state index < -0.39 is 5.82 Å². The third kappa shape index (κ3) is 2.87. The number of Topliss-reactive ketones (excluding diaryl/α,β-unsaturated/α-hetero) is 1. The molecule has 1 saturated heterocycles. The minimum atomic E-state index is -0.416. The van der Waals surface area contributed by atoms with Crippen molar-refractivity contribution < 1.29 is 13.9 Å². The van der Waals surface area contributed by atoms with Crippen molar-refractivity contribution in [2.75, 3.05) is 20.2 Å². The lowest BCUT2D eigenvalue weighted by atomic mass is 9.85. The molecule has 1 aliphatic carbocycles. The largest absolute Gasteiger partial charge is 0.378 e. The van der Waals surface area contributed by atoms with Crippen molar-refractivity contribution in [2.45, 2.75) is 31.8 Å². The van der Waals surface area contributed by atoms with E-state index >= 15 is 0 Å². The Balaban J connectivity index is 2.08. The van der Waals surface area contributed by atoms with Crippen LogP contribution in [0.4, 0.5) is 4.39 Å². The minimum Gasteiger partial charge on any atom is -0.378 e. The van der Waals surface area contributed by atoms with Crippen LogP contribution in [0.1, 0.15) is 30.9 Å². The maximum Gasteiger partial charge on any atom is 0.180 e. The Bertz CT molecular complexity index is 774. The van der Waals surface area contributed by atoms with E-state index in [-0.39, 0.29) is 23.4 Å². The number of allylic oxidation sites excluding steroid dienone is 1. The molecule has 126 valence electrons. The number of piperidine rings is 1. The highest BCUT2D eigenvalue weighted by Gasteiger charge is 2.36. The molecule has 1 fully saturated rings. The molecule has 2 aliphatic rings. The van der Waals surface area contributed by atoms with Gasteiger partial charge in [-0.1, -0.05) is 15.9 Å². The van der Waals surface area contributed by atoms with Crippen LogP contribution >= 0.6 is 15.9 Å². The summed E-state index contributed by atoms with van der Waals surface area (Å²) in [5.41, 5.74) is 1.49. The quantitative estimate of drug-likeness (QED) is 0.773. The Labute approximate surface area is 149 Å². The van der Waals surface area contributed by atoms with Crippen molar-refractivity contribution in [1.82, 2.24) is 4.90 Å². The van der Waals surface area contributed by atoms with Gasteiger partial charge >= 0.3 is 0 Å². The molecule has 0 spiro atoms. The third-order valence-corrected chi connectivity index (χ3v) is 5.47. The van der Waals surface area contributed by atoms with Gasteiger partial charge in [0, 0.05) is 42.2 Å². The molecular formula is C18H18BrFN2O2. The summed E-state index contributed by atoms with van der Waals surface area (Å²) in [4.78, 5) is 14.4. The lowest BCUT2D eigenvalue weighted by molar-refractivity contribution is -0.114. The van der Waals surface area contributed by atoms with Gasteiger partial charge in [0.1, 0.15) is 17.5 Å². The summed E-state index contributed by atoms with van der Waals surface area (Å²) in [5, 5.41) is 9.49. The van der Waals surface area contributed by atoms with Crippen LogP contribution in [-0.4, -0.2) is 36.5 Å². The molecule has 6 heteroatoms. The molecule has 0 radical (unpaired) electrons. The number of hydrogen-bond acceptors (Lipinski definition) is 4.